The standard InChI is InChI=1S/C18H19ClN2O4S/c1-11-16(26-17(20-11)12-3-2-4-13(19)9-12)18(24)21(10-15(22)23)14-5-7-25-8-6-14/h2-4,9,14H,5-8,10H2,1H3,(H,22,23). The van der Waals surface area contributed by atoms with E-state index in [2.05, 4.69) is 4.98 Å². The predicted molar refractivity (Wildman–Crippen MR) is 99.8 cm³/mol. The van der Waals surface area contributed by atoms with Gasteiger partial charge in [0.25, 0.3) is 5.91 Å². The Kier molecular flexibility index (Phi) is 5.90. The van der Waals surface area contributed by atoms with Gasteiger partial charge in [-0.25, -0.2) is 4.98 Å². The molecule has 0 saturated carbocycles. The number of aliphatic carboxylic acids is 1. The molecule has 1 N–H and O–H groups in total. The Labute approximate surface area is 160 Å². The molecule has 1 fully saturated rings. The molecule has 0 spiro atoms. The maximum absolute atomic E-state index is 13.1. The molecule has 1 aliphatic heterocycles. The number of carboxylic acids is 1. The van der Waals surface area contributed by atoms with Gasteiger partial charge in [-0.3, -0.25) is 9.59 Å². The van der Waals surface area contributed by atoms with Crippen LogP contribution in [0.25, 0.3) is 10.6 Å². The number of carbonyl (C=O) groups is 2. The zero-order chi connectivity index (χ0) is 18.7. The van der Waals surface area contributed by atoms with Gasteiger partial charge in [0.1, 0.15) is 16.4 Å². The number of thiazole rings is 1. The minimum Gasteiger partial charge on any atom is -0.480 e. The molecular weight excluding hydrogens is 376 g/mol. The van der Waals surface area contributed by atoms with Gasteiger partial charge in [0.2, 0.25) is 0 Å². The van der Waals surface area contributed by atoms with E-state index in [1.807, 2.05) is 12.1 Å². The number of ether oxygens (including phenoxy) is 1. The molecule has 8 heteroatoms. The zero-order valence-electron chi connectivity index (χ0n) is 14.3. The molecule has 0 atom stereocenters. The van der Waals surface area contributed by atoms with Gasteiger partial charge < -0.3 is 14.7 Å². The van der Waals surface area contributed by atoms with E-state index in [-0.39, 0.29) is 18.5 Å². The lowest BCUT2D eigenvalue weighted by Gasteiger charge is -2.33. The molecule has 2 heterocycles. The first-order valence-electron chi connectivity index (χ1n) is 8.29. The maximum atomic E-state index is 13.1. The SMILES string of the molecule is Cc1nc(-c2cccc(Cl)c2)sc1C(=O)N(CC(=O)O)C1CCOCC1. The summed E-state index contributed by atoms with van der Waals surface area (Å²) in [5.74, 6) is -1.32. The fourth-order valence-electron chi connectivity index (χ4n) is 2.98. The van der Waals surface area contributed by atoms with E-state index in [0.29, 0.717) is 46.7 Å². The number of benzene rings is 1. The lowest BCUT2D eigenvalue weighted by molar-refractivity contribution is -0.138. The van der Waals surface area contributed by atoms with E-state index in [1.165, 1.54) is 16.2 Å². The highest BCUT2D eigenvalue weighted by Gasteiger charge is 2.30. The van der Waals surface area contributed by atoms with Crippen LogP contribution in [0.2, 0.25) is 5.02 Å². The van der Waals surface area contributed by atoms with Crippen LogP contribution < -0.4 is 0 Å². The highest BCUT2D eigenvalue weighted by Crippen LogP contribution is 2.31. The minimum absolute atomic E-state index is 0.136. The summed E-state index contributed by atoms with van der Waals surface area (Å²) in [5.41, 5.74) is 1.43. The van der Waals surface area contributed by atoms with Gasteiger partial charge in [-0.1, -0.05) is 23.7 Å². The summed E-state index contributed by atoms with van der Waals surface area (Å²) in [7, 11) is 0. The summed E-state index contributed by atoms with van der Waals surface area (Å²) in [5, 5.41) is 10.5. The number of carbonyl (C=O) groups excluding carboxylic acids is 1. The maximum Gasteiger partial charge on any atom is 0.323 e. The first-order valence-corrected chi connectivity index (χ1v) is 9.49. The second-order valence-electron chi connectivity index (χ2n) is 6.11. The molecule has 1 saturated heterocycles. The van der Waals surface area contributed by atoms with Gasteiger partial charge in [-0.2, -0.15) is 0 Å². The zero-order valence-corrected chi connectivity index (χ0v) is 15.8. The normalized spacial score (nSPS) is 15.0. The second-order valence-corrected chi connectivity index (χ2v) is 7.55. The van der Waals surface area contributed by atoms with E-state index < -0.39 is 5.97 Å². The Hall–Kier alpha value is -1.96. The first kappa shape index (κ1) is 18.8. The molecule has 138 valence electrons. The van der Waals surface area contributed by atoms with Crippen molar-refractivity contribution in [1.29, 1.82) is 0 Å². The molecule has 0 aliphatic carbocycles. The number of aromatic nitrogens is 1. The predicted octanol–water partition coefficient (Wildman–Crippen LogP) is 3.48. The summed E-state index contributed by atoms with van der Waals surface area (Å²) in [4.78, 5) is 30.8. The third-order valence-electron chi connectivity index (χ3n) is 4.26. The number of carboxylic acid groups (broad SMARTS) is 1. The van der Waals surface area contributed by atoms with Crippen molar-refractivity contribution in [3.8, 4) is 10.6 Å². The smallest absolute Gasteiger partial charge is 0.323 e. The van der Waals surface area contributed by atoms with E-state index in [4.69, 9.17) is 16.3 Å². The Morgan fingerprint density at radius 3 is 2.77 bits per heavy atom. The largest absolute Gasteiger partial charge is 0.480 e. The molecule has 1 aromatic carbocycles. The molecule has 3 rings (SSSR count). The third kappa shape index (κ3) is 4.23. The fourth-order valence-corrected chi connectivity index (χ4v) is 4.19. The first-order chi connectivity index (χ1) is 12.5. The van der Waals surface area contributed by atoms with Gasteiger partial charge in [-0.05, 0) is 31.9 Å². The number of nitrogens with zero attached hydrogens (tertiary/aromatic N) is 2. The average Bonchev–Trinajstić information content (AvgIpc) is 3.01. The topological polar surface area (TPSA) is 79.7 Å². The number of hydrogen-bond acceptors (Lipinski definition) is 5. The van der Waals surface area contributed by atoms with E-state index in [1.54, 1.807) is 19.1 Å². The summed E-state index contributed by atoms with van der Waals surface area (Å²) < 4.78 is 5.33. The highest BCUT2D eigenvalue weighted by atomic mass is 35.5. The van der Waals surface area contributed by atoms with E-state index in [0.717, 1.165) is 5.56 Å². The molecular formula is C18H19ClN2O4S. The molecule has 1 aliphatic rings. The second kappa shape index (κ2) is 8.16. The Morgan fingerprint density at radius 2 is 2.12 bits per heavy atom. The Balaban J connectivity index is 1.90. The highest BCUT2D eigenvalue weighted by molar-refractivity contribution is 7.17. The van der Waals surface area contributed by atoms with Crippen molar-refractivity contribution in [2.45, 2.75) is 25.8 Å². The number of rotatable bonds is 5. The van der Waals surface area contributed by atoms with E-state index >= 15 is 0 Å². The van der Waals surface area contributed by atoms with Crippen LogP contribution in [0.4, 0.5) is 0 Å². The van der Waals surface area contributed by atoms with Crippen molar-refractivity contribution >= 4 is 34.8 Å². The third-order valence-corrected chi connectivity index (χ3v) is 5.69. The van der Waals surface area contributed by atoms with Gasteiger partial charge in [0.15, 0.2) is 0 Å². The van der Waals surface area contributed by atoms with Gasteiger partial charge in [-0.15, -0.1) is 11.3 Å². The van der Waals surface area contributed by atoms with Crippen LogP contribution in [0.15, 0.2) is 24.3 Å². The van der Waals surface area contributed by atoms with Crippen molar-refractivity contribution in [3.05, 3.63) is 39.9 Å². The van der Waals surface area contributed by atoms with Crippen LogP contribution >= 0.6 is 22.9 Å². The molecule has 0 unspecified atom stereocenters. The van der Waals surface area contributed by atoms with Crippen LogP contribution in [-0.4, -0.2) is 52.7 Å². The van der Waals surface area contributed by atoms with Crippen molar-refractivity contribution in [2.24, 2.45) is 0 Å². The molecule has 1 aromatic heterocycles. The fraction of sp³-hybridized carbons (Fsp3) is 0.389. The summed E-state index contributed by atoms with van der Waals surface area (Å²) in [6.45, 7) is 2.50. The van der Waals surface area contributed by atoms with E-state index in [9.17, 15) is 14.7 Å². The Bertz CT molecular complexity index is 817. The minimum atomic E-state index is -1.03. The molecule has 1 amide bonds. The van der Waals surface area contributed by atoms with Crippen LogP contribution in [0, 0.1) is 6.92 Å². The monoisotopic (exact) mass is 394 g/mol. The van der Waals surface area contributed by atoms with Crippen molar-refractivity contribution in [2.75, 3.05) is 19.8 Å². The molecule has 26 heavy (non-hydrogen) atoms. The van der Waals surface area contributed by atoms with Gasteiger partial charge >= 0.3 is 5.97 Å². The van der Waals surface area contributed by atoms with Crippen LogP contribution in [0.5, 0.6) is 0 Å². The number of hydrogen-bond donors (Lipinski definition) is 1. The summed E-state index contributed by atoms with van der Waals surface area (Å²) >= 11 is 7.30. The van der Waals surface area contributed by atoms with Crippen molar-refractivity contribution in [3.63, 3.8) is 0 Å². The van der Waals surface area contributed by atoms with Crippen LogP contribution in [0.3, 0.4) is 0 Å². The van der Waals surface area contributed by atoms with Crippen LogP contribution in [0.1, 0.15) is 28.2 Å². The lowest BCUT2D eigenvalue weighted by Crippen LogP contribution is -2.46. The molecule has 6 nitrogen and oxygen atoms in total. The molecule has 0 bridgehead atoms. The molecule has 0 radical (unpaired) electrons. The van der Waals surface area contributed by atoms with Crippen molar-refractivity contribution in [1.82, 2.24) is 9.88 Å². The van der Waals surface area contributed by atoms with Gasteiger partial charge in [0.05, 0.1) is 5.69 Å². The van der Waals surface area contributed by atoms with Crippen molar-refractivity contribution < 1.29 is 19.4 Å². The lowest BCUT2D eigenvalue weighted by atomic mass is 10.1. The summed E-state index contributed by atoms with van der Waals surface area (Å²) in [6, 6.07) is 7.14. The van der Waals surface area contributed by atoms with Gasteiger partial charge in [0, 0.05) is 29.8 Å². The number of halogens is 1. The Morgan fingerprint density at radius 1 is 1.38 bits per heavy atom. The number of aryl methyl sites for hydroxylation is 1. The summed E-state index contributed by atoms with van der Waals surface area (Å²) in [6.07, 6.45) is 1.27. The molecule has 2 aromatic rings. The van der Waals surface area contributed by atoms with Crippen LogP contribution in [-0.2, 0) is 9.53 Å². The number of amides is 1. The quantitative estimate of drug-likeness (QED) is 0.839. The average molecular weight is 395 g/mol.